The molecule has 0 atom stereocenters. The minimum absolute atomic E-state index is 0.250. The number of anilines is 1. The van der Waals surface area contributed by atoms with Crippen LogP contribution in [0.5, 0.6) is 0 Å². The Morgan fingerprint density at radius 2 is 2.05 bits per heavy atom. The van der Waals surface area contributed by atoms with Crippen molar-refractivity contribution in [1.29, 1.82) is 0 Å². The lowest BCUT2D eigenvalue weighted by Crippen LogP contribution is -2.58. The Morgan fingerprint density at radius 3 is 2.65 bits per heavy atom. The first-order valence-electron chi connectivity index (χ1n) is 6.75. The van der Waals surface area contributed by atoms with Crippen molar-refractivity contribution in [2.45, 2.75) is 39.3 Å². The van der Waals surface area contributed by atoms with Crippen molar-refractivity contribution < 1.29 is 9.53 Å². The molecule has 110 valence electrons. The standard InChI is InChI=1S/C15H21ClN2O2/c1-10-5-6-11(16)7-13(10)17-12-8-18(9-12)14(19)20-15(2,3)4/h5-7,12,17H,8-9H2,1-4H3. The van der Waals surface area contributed by atoms with Crippen molar-refractivity contribution in [2.24, 2.45) is 0 Å². The summed E-state index contributed by atoms with van der Waals surface area (Å²) in [5, 5.41) is 4.11. The number of hydrogen-bond acceptors (Lipinski definition) is 3. The van der Waals surface area contributed by atoms with E-state index in [1.165, 1.54) is 0 Å². The molecule has 0 aliphatic carbocycles. The van der Waals surface area contributed by atoms with Crippen LogP contribution in [0.15, 0.2) is 18.2 Å². The van der Waals surface area contributed by atoms with Crippen molar-refractivity contribution in [3.05, 3.63) is 28.8 Å². The number of nitrogens with one attached hydrogen (secondary N) is 1. The predicted molar refractivity (Wildman–Crippen MR) is 81.4 cm³/mol. The van der Waals surface area contributed by atoms with E-state index in [1.54, 1.807) is 4.90 Å². The van der Waals surface area contributed by atoms with Gasteiger partial charge in [0.2, 0.25) is 0 Å². The molecular weight excluding hydrogens is 276 g/mol. The van der Waals surface area contributed by atoms with E-state index in [-0.39, 0.29) is 12.1 Å². The molecule has 1 aromatic rings. The summed E-state index contributed by atoms with van der Waals surface area (Å²) in [6.45, 7) is 8.95. The van der Waals surface area contributed by atoms with Gasteiger partial charge < -0.3 is 15.0 Å². The summed E-state index contributed by atoms with van der Waals surface area (Å²) in [5.41, 5.74) is 1.72. The van der Waals surface area contributed by atoms with Crippen LogP contribution in [0.1, 0.15) is 26.3 Å². The second kappa shape index (κ2) is 5.52. The van der Waals surface area contributed by atoms with Gasteiger partial charge in [0.1, 0.15) is 5.60 Å². The molecule has 1 aliphatic rings. The Bertz CT molecular complexity index is 505. The Hall–Kier alpha value is -1.42. The maximum atomic E-state index is 11.8. The molecule has 5 heteroatoms. The average molecular weight is 297 g/mol. The van der Waals surface area contributed by atoms with Crippen molar-refractivity contribution in [2.75, 3.05) is 18.4 Å². The average Bonchev–Trinajstić information content (AvgIpc) is 2.24. The predicted octanol–water partition coefficient (Wildman–Crippen LogP) is 3.68. The monoisotopic (exact) mass is 296 g/mol. The van der Waals surface area contributed by atoms with E-state index in [9.17, 15) is 4.79 Å². The summed E-state index contributed by atoms with van der Waals surface area (Å²) < 4.78 is 5.32. The molecule has 1 aliphatic heterocycles. The molecule has 1 fully saturated rings. The van der Waals surface area contributed by atoms with Gasteiger partial charge in [-0.3, -0.25) is 0 Å². The van der Waals surface area contributed by atoms with Gasteiger partial charge >= 0.3 is 6.09 Å². The summed E-state index contributed by atoms with van der Waals surface area (Å²) in [5.74, 6) is 0. The summed E-state index contributed by atoms with van der Waals surface area (Å²) in [6, 6.07) is 6.01. The first kappa shape index (κ1) is 15.0. The van der Waals surface area contributed by atoms with Gasteiger partial charge in [-0.1, -0.05) is 17.7 Å². The van der Waals surface area contributed by atoms with Crippen molar-refractivity contribution in [3.63, 3.8) is 0 Å². The molecule has 0 unspecified atom stereocenters. The normalized spacial score (nSPS) is 15.8. The SMILES string of the molecule is Cc1ccc(Cl)cc1NC1CN(C(=O)OC(C)(C)C)C1. The largest absolute Gasteiger partial charge is 0.444 e. The number of halogens is 1. The molecule has 0 bridgehead atoms. The third kappa shape index (κ3) is 3.79. The number of nitrogens with zero attached hydrogens (tertiary/aromatic N) is 1. The quantitative estimate of drug-likeness (QED) is 0.905. The fourth-order valence-corrected chi connectivity index (χ4v) is 2.19. The molecule has 1 heterocycles. The minimum atomic E-state index is -0.445. The molecule has 0 spiro atoms. The highest BCUT2D eigenvalue weighted by Gasteiger charge is 2.33. The number of likely N-dealkylation sites (tertiary alicyclic amines) is 1. The first-order chi connectivity index (χ1) is 9.24. The minimum Gasteiger partial charge on any atom is -0.444 e. The lowest BCUT2D eigenvalue weighted by molar-refractivity contribution is 0.0105. The highest BCUT2D eigenvalue weighted by atomic mass is 35.5. The zero-order valence-electron chi connectivity index (χ0n) is 12.4. The number of carbonyl (C=O) groups is 1. The van der Waals surface area contributed by atoms with Gasteiger partial charge in [-0.05, 0) is 45.4 Å². The lowest BCUT2D eigenvalue weighted by atomic mass is 10.1. The molecule has 0 radical (unpaired) electrons. The summed E-state index contributed by atoms with van der Waals surface area (Å²) in [7, 11) is 0. The van der Waals surface area contributed by atoms with Crippen molar-refractivity contribution >= 4 is 23.4 Å². The number of aryl methyl sites for hydroxylation is 1. The number of rotatable bonds is 2. The van der Waals surface area contributed by atoms with E-state index in [2.05, 4.69) is 5.32 Å². The third-order valence-electron chi connectivity index (χ3n) is 3.09. The van der Waals surface area contributed by atoms with Gasteiger partial charge in [-0.25, -0.2) is 4.79 Å². The first-order valence-corrected chi connectivity index (χ1v) is 7.13. The van der Waals surface area contributed by atoms with E-state index in [1.807, 2.05) is 45.9 Å². The van der Waals surface area contributed by atoms with Gasteiger partial charge in [-0.15, -0.1) is 0 Å². The van der Waals surface area contributed by atoms with Gasteiger partial charge in [0.05, 0.1) is 6.04 Å². The smallest absolute Gasteiger partial charge is 0.410 e. The van der Waals surface area contributed by atoms with Crippen LogP contribution in [0, 0.1) is 6.92 Å². The second-order valence-electron chi connectivity index (χ2n) is 6.19. The van der Waals surface area contributed by atoms with Crippen LogP contribution >= 0.6 is 11.6 Å². The van der Waals surface area contributed by atoms with Crippen LogP contribution in [-0.2, 0) is 4.74 Å². The zero-order valence-corrected chi connectivity index (χ0v) is 13.1. The lowest BCUT2D eigenvalue weighted by Gasteiger charge is -2.40. The van der Waals surface area contributed by atoms with Crippen LogP contribution in [0.25, 0.3) is 0 Å². The fourth-order valence-electron chi connectivity index (χ4n) is 2.02. The van der Waals surface area contributed by atoms with Crippen LogP contribution in [-0.4, -0.2) is 35.7 Å². The van der Waals surface area contributed by atoms with E-state index in [0.29, 0.717) is 18.1 Å². The van der Waals surface area contributed by atoms with Gasteiger partial charge in [0.15, 0.2) is 0 Å². The molecule has 0 saturated carbocycles. The van der Waals surface area contributed by atoms with Gasteiger partial charge in [0, 0.05) is 23.8 Å². The molecule has 1 N–H and O–H groups in total. The van der Waals surface area contributed by atoms with Crippen molar-refractivity contribution in [1.82, 2.24) is 4.90 Å². The number of benzene rings is 1. The fraction of sp³-hybridized carbons (Fsp3) is 0.533. The Labute approximate surface area is 125 Å². The Kier molecular flexibility index (Phi) is 4.14. The molecular formula is C15H21ClN2O2. The number of amides is 1. The number of hydrogen-bond donors (Lipinski definition) is 1. The molecule has 2 rings (SSSR count). The molecule has 1 amide bonds. The number of ether oxygens (including phenoxy) is 1. The van der Waals surface area contributed by atoms with Crippen LogP contribution in [0.3, 0.4) is 0 Å². The van der Waals surface area contributed by atoms with E-state index in [0.717, 1.165) is 11.3 Å². The summed E-state index contributed by atoms with van der Waals surface area (Å²) >= 11 is 5.99. The van der Waals surface area contributed by atoms with Crippen LogP contribution in [0.4, 0.5) is 10.5 Å². The van der Waals surface area contributed by atoms with Crippen molar-refractivity contribution in [3.8, 4) is 0 Å². The van der Waals surface area contributed by atoms with Crippen LogP contribution in [0.2, 0.25) is 5.02 Å². The molecule has 20 heavy (non-hydrogen) atoms. The third-order valence-corrected chi connectivity index (χ3v) is 3.33. The van der Waals surface area contributed by atoms with E-state index < -0.39 is 5.60 Å². The summed E-state index contributed by atoms with van der Waals surface area (Å²) in [4.78, 5) is 13.5. The van der Waals surface area contributed by atoms with E-state index in [4.69, 9.17) is 16.3 Å². The Morgan fingerprint density at radius 1 is 1.40 bits per heavy atom. The maximum absolute atomic E-state index is 11.8. The Balaban J connectivity index is 1.85. The molecule has 0 aromatic heterocycles. The van der Waals surface area contributed by atoms with Gasteiger partial charge in [0.25, 0.3) is 0 Å². The maximum Gasteiger partial charge on any atom is 0.410 e. The van der Waals surface area contributed by atoms with E-state index >= 15 is 0 Å². The highest BCUT2D eigenvalue weighted by molar-refractivity contribution is 6.30. The highest BCUT2D eigenvalue weighted by Crippen LogP contribution is 2.24. The van der Waals surface area contributed by atoms with Gasteiger partial charge in [-0.2, -0.15) is 0 Å². The second-order valence-corrected chi connectivity index (χ2v) is 6.62. The zero-order chi connectivity index (χ0) is 14.9. The molecule has 1 saturated heterocycles. The topological polar surface area (TPSA) is 41.6 Å². The van der Waals surface area contributed by atoms with Crippen LogP contribution < -0.4 is 5.32 Å². The molecule has 1 aromatic carbocycles. The molecule has 4 nitrogen and oxygen atoms in total. The summed E-state index contributed by atoms with van der Waals surface area (Å²) in [6.07, 6.45) is -0.252. The number of carbonyl (C=O) groups excluding carboxylic acids is 1.